The minimum atomic E-state index is -4.26. The second-order valence-electron chi connectivity index (χ2n) is 4.07. The van der Waals surface area contributed by atoms with Gasteiger partial charge in [0, 0.05) is 6.54 Å². The lowest BCUT2D eigenvalue weighted by atomic mass is 10.2. The van der Waals surface area contributed by atoms with Gasteiger partial charge in [-0.1, -0.05) is 0 Å². The Hall–Kier alpha value is -1.63. The second kappa shape index (κ2) is 7.23. The number of halogens is 3. The third kappa shape index (κ3) is 4.80. The maximum absolute atomic E-state index is 12.1. The first-order valence-corrected chi connectivity index (χ1v) is 6.00. The van der Waals surface area contributed by atoms with E-state index in [2.05, 4.69) is 5.32 Å². The first-order chi connectivity index (χ1) is 9.41. The molecule has 0 spiro atoms. The minimum Gasteiger partial charge on any atom is -0.493 e. The quantitative estimate of drug-likeness (QED) is 0.839. The standard InChI is InChI=1S/C13H18F3NO3/c1-17-8-9-6-10(18-2)12(11(7-9)19-3)20-5-4-13(14,15)16/h6-7,17H,4-5,8H2,1-3H3. The van der Waals surface area contributed by atoms with Crippen LogP contribution in [0.15, 0.2) is 12.1 Å². The van der Waals surface area contributed by atoms with Crippen LogP contribution < -0.4 is 19.5 Å². The molecule has 0 aromatic heterocycles. The molecule has 0 aliphatic carbocycles. The monoisotopic (exact) mass is 293 g/mol. The van der Waals surface area contributed by atoms with Gasteiger partial charge in [-0.2, -0.15) is 13.2 Å². The van der Waals surface area contributed by atoms with Gasteiger partial charge >= 0.3 is 6.18 Å². The van der Waals surface area contributed by atoms with Crippen LogP contribution in [0.5, 0.6) is 17.2 Å². The van der Waals surface area contributed by atoms with Gasteiger partial charge in [0.15, 0.2) is 11.5 Å². The lowest BCUT2D eigenvalue weighted by Gasteiger charge is -2.16. The number of hydrogen-bond acceptors (Lipinski definition) is 4. The summed E-state index contributed by atoms with van der Waals surface area (Å²) in [6.45, 7) is 0.0944. The summed E-state index contributed by atoms with van der Waals surface area (Å²) in [5.74, 6) is 0.868. The van der Waals surface area contributed by atoms with E-state index in [9.17, 15) is 13.2 Å². The molecule has 20 heavy (non-hydrogen) atoms. The predicted octanol–water partition coefficient (Wildman–Crippen LogP) is 2.75. The average Bonchev–Trinajstić information content (AvgIpc) is 2.38. The van der Waals surface area contributed by atoms with Crippen molar-refractivity contribution in [1.29, 1.82) is 0 Å². The first kappa shape index (κ1) is 16.4. The highest BCUT2D eigenvalue weighted by Gasteiger charge is 2.27. The number of hydrogen-bond donors (Lipinski definition) is 1. The third-order valence-corrected chi connectivity index (χ3v) is 2.53. The molecule has 0 radical (unpaired) electrons. The van der Waals surface area contributed by atoms with E-state index in [0.717, 1.165) is 5.56 Å². The summed E-state index contributed by atoms with van der Waals surface area (Å²) in [5.41, 5.74) is 0.879. The van der Waals surface area contributed by atoms with Crippen molar-refractivity contribution in [2.75, 3.05) is 27.9 Å². The Bertz CT molecular complexity index is 410. The molecule has 1 aromatic carbocycles. The molecule has 0 aliphatic heterocycles. The smallest absolute Gasteiger partial charge is 0.392 e. The highest BCUT2D eigenvalue weighted by molar-refractivity contribution is 5.53. The van der Waals surface area contributed by atoms with Gasteiger partial charge in [0.25, 0.3) is 0 Å². The molecule has 0 saturated carbocycles. The molecule has 1 rings (SSSR count). The van der Waals surface area contributed by atoms with Crippen LogP contribution in [0.25, 0.3) is 0 Å². The molecular weight excluding hydrogens is 275 g/mol. The Balaban J connectivity index is 2.92. The summed E-state index contributed by atoms with van der Waals surface area (Å²) < 4.78 is 51.9. The molecule has 0 saturated heterocycles. The normalized spacial score (nSPS) is 11.3. The van der Waals surface area contributed by atoms with Crippen LogP contribution in [0.2, 0.25) is 0 Å². The number of benzene rings is 1. The van der Waals surface area contributed by atoms with Crippen molar-refractivity contribution in [2.24, 2.45) is 0 Å². The van der Waals surface area contributed by atoms with Gasteiger partial charge < -0.3 is 19.5 Å². The molecule has 0 unspecified atom stereocenters. The van der Waals surface area contributed by atoms with Crippen LogP contribution >= 0.6 is 0 Å². The Kier molecular flexibility index (Phi) is 5.94. The molecule has 1 N–H and O–H groups in total. The molecule has 0 heterocycles. The van der Waals surface area contributed by atoms with Gasteiger partial charge in [0.2, 0.25) is 5.75 Å². The predicted molar refractivity (Wildman–Crippen MR) is 68.5 cm³/mol. The zero-order chi connectivity index (χ0) is 15.2. The van der Waals surface area contributed by atoms with Crippen molar-refractivity contribution >= 4 is 0 Å². The van der Waals surface area contributed by atoms with Crippen molar-refractivity contribution in [3.05, 3.63) is 17.7 Å². The van der Waals surface area contributed by atoms with Gasteiger partial charge in [0.05, 0.1) is 27.2 Å². The summed E-state index contributed by atoms with van der Waals surface area (Å²) in [6.07, 6.45) is -5.29. The van der Waals surface area contributed by atoms with E-state index < -0.39 is 19.2 Å². The van der Waals surface area contributed by atoms with Gasteiger partial charge in [-0.3, -0.25) is 0 Å². The van der Waals surface area contributed by atoms with Gasteiger partial charge in [0.1, 0.15) is 0 Å². The maximum Gasteiger partial charge on any atom is 0.392 e. The number of rotatable bonds is 7. The van der Waals surface area contributed by atoms with Crippen molar-refractivity contribution in [1.82, 2.24) is 5.32 Å². The van der Waals surface area contributed by atoms with E-state index >= 15 is 0 Å². The lowest BCUT2D eigenvalue weighted by molar-refractivity contribution is -0.139. The molecular formula is C13H18F3NO3. The van der Waals surface area contributed by atoms with Crippen molar-refractivity contribution in [3.8, 4) is 17.2 Å². The highest BCUT2D eigenvalue weighted by atomic mass is 19.4. The van der Waals surface area contributed by atoms with Crippen LogP contribution in [0.1, 0.15) is 12.0 Å². The fourth-order valence-electron chi connectivity index (χ4n) is 1.65. The summed E-state index contributed by atoms with van der Waals surface area (Å²) in [4.78, 5) is 0. The van der Waals surface area contributed by atoms with Crippen LogP contribution in [0.3, 0.4) is 0 Å². The Morgan fingerprint density at radius 2 is 1.65 bits per heavy atom. The number of methoxy groups -OCH3 is 2. The summed E-state index contributed by atoms with van der Waals surface area (Å²) in [5, 5.41) is 2.97. The Labute approximate surface area is 115 Å². The zero-order valence-electron chi connectivity index (χ0n) is 11.6. The van der Waals surface area contributed by atoms with Gasteiger partial charge in [-0.25, -0.2) is 0 Å². The van der Waals surface area contributed by atoms with Gasteiger partial charge in [-0.15, -0.1) is 0 Å². The van der Waals surface area contributed by atoms with E-state index in [0.29, 0.717) is 18.0 Å². The lowest BCUT2D eigenvalue weighted by Crippen LogP contribution is -2.14. The van der Waals surface area contributed by atoms with Crippen molar-refractivity contribution in [2.45, 2.75) is 19.1 Å². The summed E-state index contributed by atoms with van der Waals surface area (Å²) >= 11 is 0. The number of nitrogens with one attached hydrogen (secondary N) is 1. The van der Waals surface area contributed by atoms with Crippen LogP contribution in [0, 0.1) is 0 Å². The topological polar surface area (TPSA) is 39.7 Å². The number of ether oxygens (including phenoxy) is 3. The second-order valence-corrected chi connectivity index (χ2v) is 4.07. The van der Waals surface area contributed by atoms with E-state index in [-0.39, 0.29) is 5.75 Å². The van der Waals surface area contributed by atoms with Crippen LogP contribution in [-0.4, -0.2) is 34.1 Å². The van der Waals surface area contributed by atoms with E-state index in [4.69, 9.17) is 14.2 Å². The van der Waals surface area contributed by atoms with Crippen molar-refractivity contribution < 1.29 is 27.4 Å². The average molecular weight is 293 g/mol. The SMILES string of the molecule is CNCc1cc(OC)c(OCCC(F)(F)F)c(OC)c1. The van der Waals surface area contributed by atoms with Gasteiger partial charge in [-0.05, 0) is 24.7 Å². The first-order valence-electron chi connectivity index (χ1n) is 6.00. The molecule has 0 atom stereocenters. The minimum absolute atomic E-state index is 0.180. The summed E-state index contributed by atoms with van der Waals surface area (Å²) in [6, 6.07) is 3.39. The molecule has 0 bridgehead atoms. The molecule has 7 heteroatoms. The van der Waals surface area contributed by atoms with Crippen LogP contribution in [0.4, 0.5) is 13.2 Å². The van der Waals surface area contributed by atoms with E-state index in [1.54, 1.807) is 19.2 Å². The molecule has 1 aromatic rings. The Morgan fingerprint density at radius 3 is 2.05 bits per heavy atom. The zero-order valence-corrected chi connectivity index (χ0v) is 11.6. The molecule has 0 fully saturated rings. The Morgan fingerprint density at radius 1 is 1.10 bits per heavy atom. The molecule has 114 valence electrons. The van der Waals surface area contributed by atoms with E-state index in [1.807, 2.05) is 0 Å². The molecule has 0 amide bonds. The maximum atomic E-state index is 12.1. The molecule has 4 nitrogen and oxygen atoms in total. The number of alkyl halides is 3. The fraction of sp³-hybridized carbons (Fsp3) is 0.538. The largest absolute Gasteiger partial charge is 0.493 e. The summed E-state index contributed by atoms with van der Waals surface area (Å²) in [7, 11) is 4.63. The van der Waals surface area contributed by atoms with Crippen LogP contribution in [-0.2, 0) is 6.54 Å². The van der Waals surface area contributed by atoms with Crippen molar-refractivity contribution in [3.63, 3.8) is 0 Å². The highest BCUT2D eigenvalue weighted by Crippen LogP contribution is 2.39. The molecule has 0 aliphatic rings. The third-order valence-electron chi connectivity index (χ3n) is 2.53. The van der Waals surface area contributed by atoms with E-state index in [1.165, 1.54) is 14.2 Å². The fourth-order valence-corrected chi connectivity index (χ4v) is 1.65.